The van der Waals surface area contributed by atoms with E-state index in [0.717, 1.165) is 18.5 Å². The highest BCUT2D eigenvalue weighted by molar-refractivity contribution is 5.22. The molecule has 0 amide bonds. The topological polar surface area (TPSA) is 42.2 Å². The van der Waals surface area contributed by atoms with Crippen molar-refractivity contribution >= 4 is 0 Å². The van der Waals surface area contributed by atoms with Gasteiger partial charge in [-0.2, -0.15) is 0 Å². The summed E-state index contributed by atoms with van der Waals surface area (Å²) in [6, 6.07) is 4.08. The molecule has 1 aliphatic rings. The highest BCUT2D eigenvalue weighted by atomic mass is 16.3. The molecule has 0 radical (unpaired) electrons. The summed E-state index contributed by atoms with van der Waals surface area (Å²) < 4.78 is 1.88. The average molecular weight is 221 g/mol. The molecule has 0 bridgehead atoms. The van der Waals surface area contributed by atoms with Crippen molar-refractivity contribution in [3.8, 4) is 0 Å². The Kier molecular flexibility index (Phi) is 2.66. The fourth-order valence-corrected chi connectivity index (χ4v) is 2.02. The van der Waals surface area contributed by atoms with Crippen LogP contribution in [-0.2, 0) is 12.0 Å². The van der Waals surface area contributed by atoms with Gasteiger partial charge in [-0.1, -0.05) is 20.8 Å². The predicted molar refractivity (Wildman–Crippen MR) is 63.6 cm³/mol. The predicted octanol–water partition coefficient (Wildman–Crippen LogP) is 1.97. The Morgan fingerprint density at radius 3 is 2.44 bits per heavy atom. The van der Waals surface area contributed by atoms with Crippen LogP contribution in [0.25, 0.3) is 0 Å². The maximum absolute atomic E-state index is 12.2. The number of rotatable bonds is 2. The van der Waals surface area contributed by atoms with Gasteiger partial charge in [-0.25, -0.2) is 0 Å². The molecular formula is C13H19NO2. The molecule has 0 spiro atoms. The Labute approximate surface area is 95.7 Å². The molecule has 0 atom stereocenters. The van der Waals surface area contributed by atoms with Crippen LogP contribution in [-0.4, -0.2) is 9.67 Å². The minimum atomic E-state index is -0.171. The third kappa shape index (κ3) is 1.92. The van der Waals surface area contributed by atoms with E-state index in [0.29, 0.717) is 11.6 Å². The molecule has 1 saturated carbocycles. The SMILES string of the molecule is CC(C)(C)c1ccc(CO)c(=O)n1C1CC1. The molecule has 1 aliphatic carbocycles. The maximum atomic E-state index is 12.2. The summed E-state index contributed by atoms with van der Waals surface area (Å²) in [4.78, 5) is 12.2. The zero-order valence-electron chi connectivity index (χ0n) is 10.2. The van der Waals surface area contributed by atoms with Gasteiger partial charge in [0.25, 0.3) is 5.56 Å². The minimum Gasteiger partial charge on any atom is -0.391 e. The molecule has 1 aromatic heterocycles. The van der Waals surface area contributed by atoms with Gasteiger partial charge in [0.05, 0.1) is 6.61 Å². The van der Waals surface area contributed by atoms with E-state index in [-0.39, 0.29) is 17.6 Å². The van der Waals surface area contributed by atoms with Crippen LogP contribution in [0.2, 0.25) is 0 Å². The molecule has 2 rings (SSSR count). The highest BCUT2D eigenvalue weighted by Crippen LogP contribution is 2.37. The van der Waals surface area contributed by atoms with Gasteiger partial charge in [-0.05, 0) is 25.0 Å². The molecule has 1 N–H and O–H groups in total. The summed E-state index contributed by atoms with van der Waals surface area (Å²) in [5.74, 6) is 0. The molecule has 3 nitrogen and oxygen atoms in total. The first-order valence-electron chi connectivity index (χ1n) is 5.81. The number of pyridine rings is 1. The van der Waals surface area contributed by atoms with Crippen LogP contribution < -0.4 is 5.56 Å². The van der Waals surface area contributed by atoms with Gasteiger partial charge in [-0.15, -0.1) is 0 Å². The molecular weight excluding hydrogens is 202 g/mol. The fourth-order valence-electron chi connectivity index (χ4n) is 2.02. The van der Waals surface area contributed by atoms with Crippen LogP contribution >= 0.6 is 0 Å². The first-order valence-corrected chi connectivity index (χ1v) is 5.81. The van der Waals surface area contributed by atoms with Crippen molar-refractivity contribution in [1.82, 2.24) is 4.57 Å². The van der Waals surface area contributed by atoms with E-state index in [9.17, 15) is 4.79 Å². The zero-order valence-corrected chi connectivity index (χ0v) is 10.2. The van der Waals surface area contributed by atoms with E-state index in [1.54, 1.807) is 6.07 Å². The Balaban J connectivity index is 2.62. The first kappa shape index (κ1) is 11.4. The van der Waals surface area contributed by atoms with E-state index in [1.165, 1.54) is 0 Å². The monoisotopic (exact) mass is 221 g/mol. The first-order chi connectivity index (χ1) is 7.45. The fraction of sp³-hybridized carbons (Fsp3) is 0.615. The van der Waals surface area contributed by atoms with Gasteiger partial charge in [0, 0.05) is 22.7 Å². The van der Waals surface area contributed by atoms with Gasteiger partial charge in [-0.3, -0.25) is 4.79 Å². The van der Waals surface area contributed by atoms with Crippen molar-refractivity contribution in [2.45, 2.75) is 51.7 Å². The third-order valence-electron chi connectivity index (χ3n) is 3.05. The molecule has 3 heteroatoms. The zero-order chi connectivity index (χ0) is 11.9. The second-order valence-corrected chi connectivity index (χ2v) is 5.56. The number of nitrogens with zero attached hydrogens (tertiary/aromatic N) is 1. The summed E-state index contributed by atoms with van der Waals surface area (Å²) in [5.41, 5.74) is 1.52. The maximum Gasteiger partial charge on any atom is 0.256 e. The Morgan fingerprint density at radius 1 is 1.38 bits per heavy atom. The molecule has 0 unspecified atom stereocenters. The van der Waals surface area contributed by atoms with E-state index in [2.05, 4.69) is 20.8 Å². The van der Waals surface area contributed by atoms with Gasteiger partial charge in [0.15, 0.2) is 0 Å². The summed E-state index contributed by atoms with van der Waals surface area (Å²) in [5, 5.41) is 9.13. The normalized spacial score (nSPS) is 16.5. The van der Waals surface area contributed by atoms with Crippen molar-refractivity contribution in [2.75, 3.05) is 0 Å². The van der Waals surface area contributed by atoms with Crippen LogP contribution in [0.5, 0.6) is 0 Å². The minimum absolute atomic E-state index is 0.0163. The second-order valence-electron chi connectivity index (χ2n) is 5.56. The lowest BCUT2D eigenvalue weighted by molar-refractivity contribution is 0.278. The smallest absolute Gasteiger partial charge is 0.256 e. The summed E-state index contributed by atoms with van der Waals surface area (Å²) >= 11 is 0. The Hall–Kier alpha value is -1.09. The Morgan fingerprint density at radius 2 is 2.00 bits per heavy atom. The van der Waals surface area contributed by atoms with Crippen molar-refractivity contribution in [1.29, 1.82) is 0 Å². The largest absolute Gasteiger partial charge is 0.391 e. The van der Waals surface area contributed by atoms with Crippen LogP contribution in [0.3, 0.4) is 0 Å². The number of hydrogen-bond acceptors (Lipinski definition) is 2. The van der Waals surface area contributed by atoms with Crippen molar-refractivity contribution in [3.05, 3.63) is 33.7 Å². The van der Waals surface area contributed by atoms with Crippen molar-refractivity contribution in [2.24, 2.45) is 0 Å². The molecule has 0 aliphatic heterocycles. The molecule has 0 saturated heterocycles. The van der Waals surface area contributed by atoms with Crippen LogP contribution in [0.15, 0.2) is 16.9 Å². The van der Waals surface area contributed by atoms with Crippen LogP contribution in [0.4, 0.5) is 0 Å². The summed E-state index contributed by atoms with van der Waals surface area (Å²) in [7, 11) is 0. The molecule has 1 aromatic rings. The van der Waals surface area contributed by atoms with E-state index >= 15 is 0 Å². The lowest BCUT2D eigenvalue weighted by Gasteiger charge is -2.24. The van der Waals surface area contributed by atoms with E-state index < -0.39 is 0 Å². The molecule has 0 aromatic carbocycles. The van der Waals surface area contributed by atoms with Crippen molar-refractivity contribution < 1.29 is 5.11 Å². The van der Waals surface area contributed by atoms with E-state index in [1.807, 2.05) is 10.6 Å². The molecule has 1 fully saturated rings. The quantitative estimate of drug-likeness (QED) is 0.829. The third-order valence-corrected chi connectivity index (χ3v) is 3.05. The number of aromatic nitrogens is 1. The number of aliphatic hydroxyl groups is 1. The van der Waals surface area contributed by atoms with Gasteiger partial charge in [0.1, 0.15) is 0 Å². The number of aliphatic hydroxyl groups excluding tert-OH is 1. The Bertz CT molecular complexity index is 450. The standard InChI is InChI=1S/C13H19NO2/c1-13(2,3)11-7-4-9(8-15)12(16)14(11)10-5-6-10/h4,7,10,15H,5-6,8H2,1-3H3. The summed E-state index contributed by atoms with van der Waals surface area (Å²) in [6.07, 6.45) is 2.16. The molecule has 1 heterocycles. The highest BCUT2D eigenvalue weighted by Gasteiger charge is 2.30. The van der Waals surface area contributed by atoms with Gasteiger partial charge < -0.3 is 9.67 Å². The van der Waals surface area contributed by atoms with Crippen LogP contribution in [0, 0.1) is 0 Å². The lowest BCUT2D eigenvalue weighted by atomic mass is 9.90. The van der Waals surface area contributed by atoms with Crippen molar-refractivity contribution in [3.63, 3.8) is 0 Å². The lowest BCUT2D eigenvalue weighted by Crippen LogP contribution is -2.31. The van der Waals surface area contributed by atoms with Crippen LogP contribution in [0.1, 0.15) is 50.9 Å². The van der Waals surface area contributed by atoms with Gasteiger partial charge in [0.2, 0.25) is 0 Å². The molecule has 88 valence electrons. The summed E-state index contributed by atoms with van der Waals surface area (Å²) in [6.45, 7) is 6.16. The second kappa shape index (κ2) is 3.74. The van der Waals surface area contributed by atoms with Gasteiger partial charge >= 0.3 is 0 Å². The number of hydrogen-bond donors (Lipinski definition) is 1. The van der Waals surface area contributed by atoms with E-state index in [4.69, 9.17) is 5.11 Å². The molecule has 16 heavy (non-hydrogen) atoms. The average Bonchev–Trinajstić information content (AvgIpc) is 2.99.